The number of hydrogen-bond acceptors (Lipinski definition) is 2. The molecule has 1 heterocycles. The maximum absolute atomic E-state index is 5.06. The zero-order valence-corrected chi connectivity index (χ0v) is 9.44. The van der Waals surface area contributed by atoms with E-state index in [4.69, 9.17) is 4.74 Å². The van der Waals surface area contributed by atoms with E-state index in [1.807, 2.05) is 24.3 Å². The number of benzene rings is 1. The van der Waals surface area contributed by atoms with Crippen molar-refractivity contribution in [1.29, 1.82) is 0 Å². The molecule has 2 aromatic rings. The number of aromatic nitrogens is 2. The van der Waals surface area contributed by atoms with Crippen LogP contribution in [0.3, 0.4) is 0 Å². The Morgan fingerprint density at radius 1 is 1.21 bits per heavy atom. The topological polar surface area (TPSA) is 37.9 Å². The third kappa shape index (κ3) is 2.14. The summed E-state index contributed by atoms with van der Waals surface area (Å²) in [5.41, 5.74) is 1.06. The van der Waals surface area contributed by atoms with Crippen LogP contribution in [0, 0.1) is 0 Å². The molecule has 0 aliphatic heterocycles. The molecule has 0 bridgehead atoms. The van der Waals surface area contributed by atoms with Gasteiger partial charge in [-0.1, -0.05) is 0 Å². The maximum Gasteiger partial charge on any atom is 0.137 e. The van der Waals surface area contributed by atoms with E-state index in [2.05, 4.69) is 9.97 Å². The Morgan fingerprint density at radius 3 is 2.43 bits per heavy atom. The van der Waals surface area contributed by atoms with Crippen molar-refractivity contribution in [3.8, 4) is 17.1 Å². The summed E-state index contributed by atoms with van der Waals surface area (Å²) in [4.78, 5) is 7.18. The minimum absolute atomic E-state index is 0. The number of rotatable bonds is 2. The highest BCUT2D eigenvalue weighted by atomic mass is 79.9. The van der Waals surface area contributed by atoms with Crippen molar-refractivity contribution in [3.05, 3.63) is 36.7 Å². The number of aromatic amines is 1. The zero-order chi connectivity index (χ0) is 9.10. The molecule has 1 N–H and O–H groups in total. The first-order valence-electron chi connectivity index (χ1n) is 4.04. The lowest BCUT2D eigenvalue weighted by molar-refractivity contribution is 0.415. The average Bonchev–Trinajstić information content (AvgIpc) is 2.71. The summed E-state index contributed by atoms with van der Waals surface area (Å²) in [5, 5.41) is 0. The molecule has 14 heavy (non-hydrogen) atoms. The zero-order valence-electron chi connectivity index (χ0n) is 7.73. The van der Waals surface area contributed by atoms with Gasteiger partial charge < -0.3 is 9.72 Å². The smallest absolute Gasteiger partial charge is 0.137 e. The molecule has 4 heteroatoms. The van der Waals surface area contributed by atoms with Crippen LogP contribution in [0.5, 0.6) is 5.75 Å². The summed E-state index contributed by atoms with van der Waals surface area (Å²) in [6.07, 6.45) is 3.54. The van der Waals surface area contributed by atoms with Gasteiger partial charge in [0.25, 0.3) is 0 Å². The van der Waals surface area contributed by atoms with E-state index in [0.29, 0.717) is 0 Å². The van der Waals surface area contributed by atoms with Gasteiger partial charge in [-0.3, -0.25) is 0 Å². The van der Waals surface area contributed by atoms with Crippen molar-refractivity contribution >= 4 is 17.0 Å². The van der Waals surface area contributed by atoms with E-state index in [1.165, 1.54) is 0 Å². The van der Waals surface area contributed by atoms with Gasteiger partial charge in [0.2, 0.25) is 0 Å². The predicted octanol–water partition coefficient (Wildman–Crippen LogP) is 2.66. The SMILES string of the molecule is Br.COc1ccc(-c2ncc[nH]2)cc1. The molecule has 0 saturated heterocycles. The third-order valence-corrected chi connectivity index (χ3v) is 1.86. The number of H-pyrrole nitrogens is 1. The normalized spacial score (nSPS) is 9.21. The third-order valence-electron chi connectivity index (χ3n) is 1.86. The molecule has 2 rings (SSSR count). The van der Waals surface area contributed by atoms with Crippen molar-refractivity contribution in [2.45, 2.75) is 0 Å². The highest BCUT2D eigenvalue weighted by molar-refractivity contribution is 8.93. The minimum atomic E-state index is 0. The second-order valence-corrected chi connectivity index (χ2v) is 2.67. The molecule has 0 unspecified atom stereocenters. The summed E-state index contributed by atoms with van der Waals surface area (Å²) in [5.74, 6) is 1.73. The van der Waals surface area contributed by atoms with Gasteiger partial charge >= 0.3 is 0 Å². The Bertz CT molecular complexity index is 370. The molecule has 0 amide bonds. The Morgan fingerprint density at radius 2 is 1.93 bits per heavy atom. The van der Waals surface area contributed by atoms with Crippen LogP contribution in [0.25, 0.3) is 11.4 Å². The minimum Gasteiger partial charge on any atom is -0.497 e. The van der Waals surface area contributed by atoms with Crippen molar-refractivity contribution in [3.63, 3.8) is 0 Å². The fourth-order valence-electron chi connectivity index (χ4n) is 1.17. The van der Waals surface area contributed by atoms with Gasteiger partial charge in [0.1, 0.15) is 11.6 Å². The molecule has 0 aliphatic rings. The molecule has 0 atom stereocenters. The second kappa shape index (κ2) is 4.81. The maximum atomic E-state index is 5.06. The molecule has 74 valence electrons. The van der Waals surface area contributed by atoms with Crippen LogP contribution < -0.4 is 4.74 Å². The van der Waals surface area contributed by atoms with Gasteiger partial charge in [-0.25, -0.2) is 4.98 Å². The van der Waals surface area contributed by atoms with Gasteiger partial charge in [0, 0.05) is 18.0 Å². The summed E-state index contributed by atoms with van der Waals surface area (Å²) in [6.45, 7) is 0. The van der Waals surface area contributed by atoms with Crippen LogP contribution in [-0.2, 0) is 0 Å². The second-order valence-electron chi connectivity index (χ2n) is 2.67. The predicted molar refractivity (Wildman–Crippen MR) is 60.9 cm³/mol. The Balaban J connectivity index is 0.000000980. The molecule has 1 aromatic heterocycles. The molecule has 3 nitrogen and oxygen atoms in total. The fraction of sp³-hybridized carbons (Fsp3) is 0.100. The molecule has 0 spiro atoms. The molecule has 0 aliphatic carbocycles. The number of hydrogen-bond donors (Lipinski definition) is 1. The molecular weight excluding hydrogens is 244 g/mol. The quantitative estimate of drug-likeness (QED) is 0.895. The van der Waals surface area contributed by atoms with Crippen molar-refractivity contribution in [2.24, 2.45) is 0 Å². The van der Waals surface area contributed by atoms with Crippen LogP contribution in [0.2, 0.25) is 0 Å². The molecule has 0 radical (unpaired) electrons. The van der Waals surface area contributed by atoms with Crippen LogP contribution in [0.15, 0.2) is 36.7 Å². The van der Waals surface area contributed by atoms with E-state index in [9.17, 15) is 0 Å². The number of methoxy groups -OCH3 is 1. The van der Waals surface area contributed by atoms with Gasteiger partial charge in [-0.15, -0.1) is 17.0 Å². The Kier molecular flexibility index (Phi) is 3.71. The van der Waals surface area contributed by atoms with E-state index in [-0.39, 0.29) is 17.0 Å². The molecule has 0 fully saturated rings. The highest BCUT2D eigenvalue weighted by Gasteiger charge is 1.98. The number of nitrogens with one attached hydrogen (secondary N) is 1. The number of imidazole rings is 1. The number of nitrogens with zero attached hydrogens (tertiary/aromatic N) is 1. The first kappa shape index (κ1) is 10.8. The van der Waals surface area contributed by atoms with E-state index < -0.39 is 0 Å². The standard InChI is InChI=1S/C10H10N2O.BrH/c1-13-9-4-2-8(3-5-9)10-11-6-7-12-10;/h2-7H,1H3,(H,11,12);1H. The first-order valence-corrected chi connectivity index (χ1v) is 4.04. The van der Waals surface area contributed by atoms with Crippen molar-refractivity contribution in [1.82, 2.24) is 9.97 Å². The van der Waals surface area contributed by atoms with Gasteiger partial charge in [-0.05, 0) is 24.3 Å². The summed E-state index contributed by atoms with van der Waals surface area (Å²) < 4.78 is 5.06. The van der Waals surface area contributed by atoms with Crippen molar-refractivity contribution < 1.29 is 4.74 Å². The van der Waals surface area contributed by atoms with Gasteiger partial charge in [0.15, 0.2) is 0 Å². The van der Waals surface area contributed by atoms with Gasteiger partial charge in [-0.2, -0.15) is 0 Å². The summed E-state index contributed by atoms with van der Waals surface area (Å²) >= 11 is 0. The van der Waals surface area contributed by atoms with Crippen LogP contribution in [-0.4, -0.2) is 17.1 Å². The Hall–Kier alpha value is -1.29. The number of halogens is 1. The fourth-order valence-corrected chi connectivity index (χ4v) is 1.17. The lowest BCUT2D eigenvalue weighted by Crippen LogP contribution is -1.83. The average molecular weight is 255 g/mol. The van der Waals surface area contributed by atoms with Crippen LogP contribution in [0.4, 0.5) is 0 Å². The van der Waals surface area contributed by atoms with Gasteiger partial charge in [0.05, 0.1) is 7.11 Å². The molecule has 1 aromatic carbocycles. The van der Waals surface area contributed by atoms with Crippen molar-refractivity contribution in [2.75, 3.05) is 7.11 Å². The molecular formula is C10H11BrN2O. The highest BCUT2D eigenvalue weighted by Crippen LogP contribution is 2.18. The van der Waals surface area contributed by atoms with Crippen LogP contribution >= 0.6 is 17.0 Å². The van der Waals surface area contributed by atoms with E-state index in [1.54, 1.807) is 19.5 Å². The lowest BCUT2D eigenvalue weighted by Gasteiger charge is -1.99. The van der Waals surface area contributed by atoms with E-state index in [0.717, 1.165) is 17.1 Å². The lowest BCUT2D eigenvalue weighted by atomic mass is 10.2. The largest absolute Gasteiger partial charge is 0.497 e. The summed E-state index contributed by atoms with van der Waals surface area (Å²) in [6, 6.07) is 7.77. The van der Waals surface area contributed by atoms with Crippen LogP contribution in [0.1, 0.15) is 0 Å². The monoisotopic (exact) mass is 254 g/mol. The number of ether oxygens (including phenoxy) is 1. The van der Waals surface area contributed by atoms with E-state index >= 15 is 0 Å². The molecule has 0 saturated carbocycles. The Labute approximate surface area is 92.9 Å². The summed E-state index contributed by atoms with van der Waals surface area (Å²) in [7, 11) is 1.65. The first-order chi connectivity index (χ1) is 6.40.